The highest BCUT2D eigenvalue weighted by atomic mass is 19.1. The maximum Gasteiger partial charge on any atom is 0.410 e. The second kappa shape index (κ2) is 8.38. The Morgan fingerprint density at radius 2 is 2.04 bits per heavy atom. The highest BCUT2D eigenvalue weighted by Gasteiger charge is 2.37. The third-order valence-electron chi connectivity index (χ3n) is 5.03. The molecule has 142 valence electrons. The third kappa shape index (κ3) is 4.26. The minimum Gasteiger partial charge on any atom is -0.490 e. The van der Waals surface area contributed by atoms with E-state index in [0.29, 0.717) is 19.6 Å². The van der Waals surface area contributed by atoms with Crippen LogP contribution in [0.15, 0.2) is 24.3 Å². The van der Waals surface area contributed by atoms with Crippen molar-refractivity contribution in [3.8, 4) is 5.75 Å². The predicted octanol–water partition coefficient (Wildman–Crippen LogP) is 2.82. The number of cyclic esters (lactones) is 1. The van der Waals surface area contributed by atoms with Crippen LogP contribution < -0.4 is 4.74 Å². The fourth-order valence-corrected chi connectivity index (χ4v) is 3.45. The van der Waals surface area contributed by atoms with Crippen molar-refractivity contribution in [3.05, 3.63) is 30.1 Å². The molecule has 0 bridgehead atoms. The van der Waals surface area contributed by atoms with Gasteiger partial charge < -0.3 is 19.3 Å². The smallest absolute Gasteiger partial charge is 0.410 e. The van der Waals surface area contributed by atoms with Gasteiger partial charge in [0.15, 0.2) is 11.6 Å². The van der Waals surface area contributed by atoms with Crippen LogP contribution in [-0.4, -0.2) is 60.2 Å². The molecular weight excluding hydrogens is 339 g/mol. The monoisotopic (exact) mass is 364 g/mol. The first kappa shape index (κ1) is 18.5. The molecule has 2 aliphatic rings. The van der Waals surface area contributed by atoms with E-state index in [0.717, 1.165) is 19.3 Å². The van der Waals surface area contributed by atoms with E-state index in [4.69, 9.17) is 9.47 Å². The highest BCUT2D eigenvalue weighted by molar-refractivity contribution is 5.76. The van der Waals surface area contributed by atoms with E-state index in [2.05, 4.69) is 0 Å². The first-order valence-electron chi connectivity index (χ1n) is 9.20. The number of halogens is 1. The summed E-state index contributed by atoms with van der Waals surface area (Å²) in [5.41, 5.74) is 0. The van der Waals surface area contributed by atoms with Gasteiger partial charge in [-0.25, -0.2) is 9.18 Å². The minimum atomic E-state index is -0.427. The van der Waals surface area contributed by atoms with Crippen LogP contribution >= 0.6 is 0 Å². The van der Waals surface area contributed by atoms with E-state index in [1.807, 2.05) is 6.92 Å². The highest BCUT2D eigenvalue weighted by Crippen LogP contribution is 2.24. The molecule has 2 fully saturated rings. The Morgan fingerprint density at radius 1 is 1.31 bits per heavy atom. The first-order chi connectivity index (χ1) is 12.6. The van der Waals surface area contributed by atoms with Crippen molar-refractivity contribution >= 4 is 12.0 Å². The van der Waals surface area contributed by atoms with Crippen LogP contribution in [0.4, 0.5) is 9.18 Å². The molecule has 2 aliphatic heterocycles. The predicted molar refractivity (Wildman–Crippen MR) is 93.4 cm³/mol. The molecule has 3 rings (SSSR count). The van der Waals surface area contributed by atoms with Crippen molar-refractivity contribution in [1.82, 2.24) is 9.80 Å². The van der Waals surface area contributed by atoms with E-state index in [1.54, 1.807) is 28.0 Å². The Kier molecular flexibility index (Phi) is 5.96. The summed E-state index contributed by atoms with van der Waals surface area (Å²) >= 11 is 0. The molecule has 7 heteroatoms. The first-order valence-corrected chi connectivity index (χ1v) is 9.20. The number of rotatable bonds is 6. The van der Waals surface area contributed by atoms with Gasteiger partial charge in [0.2, 0.25) is 5.91 Å². The Balaban J connectivity index is 1.41. The van der Waals surface area contributed by atoms with E-state index in [9.17, 15) is 14.0 Å². The molecule has 0 N–H and O–H groups in total. The quantitative estimate of drug-likeness (QED) is 0.779. The van der Waals surface area contributed by atoms with Gasteiger partial charge >= 0.3 is 6.09 Å². The van der Waals surface area contributed by atoms with Crippen molar-refractivity contribution in [2.24, 2.45) is 0 Å². The second-order valence-electron chi connectivity index (χ2n) is 6.71. The summed E-state index contributed by atoms with van der Waals surface area (Å²) in [6.45, 7) is 4.03. The van der Waals surface area contributed by atoms with Gasteiger partial charge in [0.1, 0.15) is 6.10 Å². The summed E-state index contributed by atoms with van der Waals surface area (Å²) in [6.07, 6.45) is 2.29. The zero-order valence-electron chi connectivity index (χ0n) is 15.0. The number of carbonyl (C=O) groups is 2. The number of hydrogen-bond acceptors (Lipinski definition) is 4. The normalized spacial score (nSPS) is 21.0. The lowest BCUT2D eigenvalue weighted by molar-refractivity contribution is -0.133. The van der Waals surface area contributed by atoms with Crippen molar-refractivity contribution in [2.45, 2.75) is 44.8 Å². The van der Waals surface area contributed by atoms with Crippen LogP contribution in [0, 0.1) is 5.82 Å². The lowest BCUT2D eigenvalue weighted by Gasteiger charge is -2.35. The van der Waals surface area contributed by atoms with Crippen LogP contribution in [0.3, 0.4) is 0 Å². The molecule has 0 saturated carbocycles. The Bertz CT molecular complexity index is 646. The van der Waals surface area contributed by atoms with Gasteiger partial charge in [-0.15, -0.1) is 0 Å². The van der Waals surface area contributed by atoms with Gasteiger partial charge in [-0.1, -0.05) is 19.1 Å². The molecular formula is C19H25FN2O4. The zero-order valence-corrected chi connectivity index (χ0v) is 15.0. The van der Waals surface area contributed by atoms with E-state index in [-0.39, 0.29) is 42.9 Å². The Morgan fingerprint density at radius 3 is 2.69 bits per heavy atom. The van der Waals surface area contributed by atoms with Crippen LogP contribution in [-0.2, 0) is 9.53 Å². The molecule has 6 nitrogen and oxygen atoms in total. The van der Waals surface area contributed by atoms with Crippen molar-refractivity contribution in [1.29, 1.82) is 0 Å². The van der Waals surface area contributed by atoms with Crippen LogP contribution in [0.1, 0.15) is 32.6 Å². The number of amides is 2. The molecule has 2 heterocycles. The van der Waals surface area contributed by atoms with E-state index < -0.39 is 5.82 Å². The summed E-state index contributed by atoms with van der Waals surface area (Å²) in [5, 5.41) is 0. The topological polar surface area (TPSA) is 59.1 Å². The molecule has 26 heavy (non-hydrogen) atoms. The number of para-hydroxylation sites is 1. The molecule has 1 aromatic rings. The number of piperidine rings is 1. The summed E-state index contributed by atoms with van der Waals surface area (Å²) in [4.78, 5) is 27.8. The van der Waals surface area contributed by atoms with Gasteiger partial charge in [0.05, 0.1) is 19.6 Å². The maximum atomic E-state index is 13.5. The van der Waals surface area contributed by atoms with E-state index in [1.165, 1.54) is 6.07 Å². The standard InChI is InChI=1S/C19H25FN2O4/c1-2-15-13-22(19(24)26-15)14-7-10-21(11-8-14)18(23)9-12-25-17-6-4-3-5-16(17)20/h3-6,14-15H,2,7-13H2,1H3. The molecule has 0 aromatic heterocycles. The molecule has 1 aromatic carbocycles. The minimum absolute atomic E-state index is 0.00442. The van der Waals surface area contributed by atoms with E-state index >= 15 is 0 Å². The van der Waals surface area contributed by atoms with Crippen LogP contribution in [0.2, 0.25) is 0 Å². The second-order valence-corrected chi connectivity index (χ2v) is 6.71. The van der Waals surface area contributed by atoms with Gasteiger partial charge in [0, 0.05) is 19.1 Å². The van der Waals surface area contributed by atoms with Crippen molar-refractivity contribution in [2.75, 3.05) is 26.2 Å². The lowest BCUT2D eigenvalue weighted by atomic mass is 10.0. The number of carbonyl (C=O) groups excluding carboxylic acids is 2. The SMILES string of the molecule is CCC1CN(C2CCN(C(=O)CCOc3ccccc3F)CC2)C(=O)O1. The third-order valence-corrected chi connectivity index (χ3v) is 5.03. The summed E-state index contributed by atoms with van der Waals surface area (Å²) in [6, 6.07) is 6.30. The molecule has 0 aliphatic carbocycles. The van der Waals surface area contributed by atoms with Crippen LogP contribution in [0.5, 0.6) is 5.75 Å². The largest absolute Gasteiger partial charge is 0.490 e. The maximum absolute atomic E-state index is 13.5. The van der Waals surface area contributed by atoms with Crippen LogP contribution in [0.25, 0.3) is 0 Å². The average Bonchev–Trinajstić information content (AvgIpc) is 3.04. The average molecular weight is 364 g/mol. The van der Waals surface area contributed by atoms with Gasteiger partial charge in [0.25, 0.3) is 0 Å². The number of ether oxygens (including phenoxy) is 2. The molecule has 2 amide bonds. The molecule has 0 radical (unpaired) electrons. The summed E-state index contributed by atoms with van der Waals surface area (Å²) < 4.78 is 24.1. The zero-order chi connectivity index (χ0) is 18.5. The summed E-state index contributed by atoms with van der Waals surface area (Å²) in [5.74, 6) is -0.268. The number of nitrogens with zero attached hydrogens (tertiary/aromatic N) is 2. The lowest BCUT2D eigenvalue weighted by Crippen LogP contribution is -2.47. The Hall–Kier alpha value is -2.31. The fraction of sp³-hybridized carbons (Fsp3) is 0.579. The van der Waals surface area contributed by atoms with Gasteiger partial charge in [-0.3, -0.25) is 4.79 Å². The van der Waals surface area contributed by atoms with Gasteiger partial charge in [-0.2, -0.15) is 0 Å². The summed E-state index contributed by atoms with van der Waals surface area (Å²) in [7, 11) is 0. The number of benzene rings is 1. The van der Waals surface area contributed by atoms with Crippen molar-refractivity contribution in [3.63, 3.8) is 0 Å². The van der Waals surface area contributed by atoms with Crippen molar-refractivity contribution < 1.29 is 23.5 Å². The number of hydrogen-bond donors (Lipinski definition) is 0. The molecule has 0 spiro atoms. The molecule has 1 atom stereocenters. The molecule has 1 unspecified atom stereocenters. The van der Waals surface area contributed by atoms with Gasteiger partial charge in [-0.05, 0) is 31.4 Å². The fourth-order valence-electron chi connectivity index (χ4n) is 3.45. The number of likely N-dealkylation sites (tertiary alicyclic amines) is 1. The Labute approximate surface area is 152 Å². The molecule has 2 saturated heterocycles.